The molecule has 0 unspecified atom stereocenters. The Morgan fingerprint density at radius 3 is 1.93 bits per heavy atom. The van der Waals surface area contributed by atoms with Crippen molar-refractivity contribution in [2.24, 2.45) is 5.92 Å². The van der Waals surface area contributed by atoms with Crippen molar-refractivity contribution in [3.8, 4) is 0 Å². The first-order valence-electron chi connectivity index (χ1n) is 5.69. The first kappa shape index (κ1) is 15.1. The van der Waals surface area contributed by atoms with Crippen molar-refractivity contribution in [2.45, 2.75) is 52.4 Å². The molecule has 0 amide bonds. The molecule has 0 aliphatic rings. The molecule has 0 heterocycles. The minimum Gasteiger partial charge on any atom is -0.303 e. The molecule has 0 atom stereocenters. The maximum Gasteiger partial charge on any atom is 0.469 e. The lowest BCUT2D eigenvalue weighted by atomic mass is 9.97. The Labute approximate surface area is 92.3 Å². The van der Waals surface area contributed by atoms with E-state index in [-0.39, 0.29) is 12.5 Å². The molecule has 0 saturated carbocycles. The van der Waals surface area contributed by atoms with Crippen LogP contribution in [0.2, 0.25) is 0 Å². The molecule has 0 aliphatic carbocycles. The first-order chi connectivity index (χ1) is 6.99. The maximum atomic E-state index is 10.6. The van der Waals surface area contributed by atoms with E-state index >= 15 is 0 Å². The topological polar surface area (TPSA) is 66.8 Å². The predicted octanol–water partition coefficient (Wildman–Crippen LogP) is 3.09. The number of phosphoric ester groups is 1. The van der Waals surface area contributed by atoms with Crippen LogP contribution in [0, 0.1) is 5.92 Å². The summed E-state index contributed by atoms with van der Waals surface area (Å²) in [5.74, 6) is 0.289. The highest BCUT2D eigenvalue weighted by atomic mass is 31.2. The Bertz CT molecular complexity index is 182. The molecule has 0 fully saturated rings. The molecule has 0 aromatic carbocycles. The quantitative estimate of drug-likeness (QED) is 0.606. The molecule has 0 saturated heterocycles. The Balaban J connectivity index is 3.83. The van der Waals surface area contributed by atoms with Crippen LogP contribution in [0.15, 0.2) is 0 Å². The van der Waals surface area contributed by atoms with Crippen LogP contribution < -0.4 is 0 Å². The summed E-state index contributed by atoms with van der Waals surface area (Å²) in [5, 5.41) is 0. The van der Waals surface area contributed by atoms with Crippen molar-refractivity contribution in [1.82, 2.24) is 0 Å². The number of rotatable bonds is 9. The number of hydrogen-bond donors (Lipinski definition) is 2. The Kier molecular flexibility index (Phi) is 8.34. The first-order valence-corrected chi connectivity index (χ1v) is 7.22. The molecule has 0 aromatic rings. The zero-order valence-electron chi connectivity index (χ0n) is 9.69. The van der Waals surface area contributed by atoms with Gasteiger partial charge in [0.05, 0.1) is 6.61 Å². The molecular weight excluding hydrogens is 215 g/mol. The summed E-state index contributed by atoms with van der Waals surface area (Å²) in [7, 11) is -4.28. The monoisotopic (exact) mass is 238 g/mol. The van der Waals surface area contributed by atoms with Crippen molar-refractivity contribution in [1.29, 1.82) is 0 Å². The van der Waals surface area contributed by atoms with Crippen LogP contribution >= 0.6 is 7.82 Å². The van der Waals surface area contributed by atoms with E-state index in [1.807, 2.05) is 0 Å². The second-order valence-corrected chi connectivity index (χ2v) is 5.18. The van der Waals surface area contributed by atoms with Crippen LogP contribution in [0.5, 0.6) is 0 Å². The molecule has 5 heteroatoms. The van der Waals surface area contributed by atoms with Crippen LogP contribution in [0.4, 0.5) is 0 Å². The molecule has 2 N–H and O–H groups in total. The lowest BCUT2D eigenvalue weighted by Crippen LogP contribution is -2.09. The summed E-state index contributed by atoms with van der Waals surface area (Å²) in [6.45, 7) is 4.41. The van der Waals surface area contributed by atoms with Gasteiger partial charge in [-0.3, -0.25) is 4.52 Å². The fourth-order valence-corrected chi connectivity index (χ4v) is 1.90. The molecule has 0 aliphatic heterocycles. The lowest BCUT2D eigenvalue weighted by Gasteiger charge is -2.16. The molecule has 0 spiro atoms. The van der Waals surface area contributed by atoms with E-state index in [9.17, 15) is 4.57 Å². The summed E-state index contributed by atoms with van der Waals surface area (Å²) in [4.78, 5) is 17.2. The fourth-order valence-electron chi connectivity index (χ4n) is 1.50. The highest BCUT2D eigenvalue weighted by Crippen LogP contribution is 2.37. The van der Waals surface area contributed by atoms with Gasteiger partial charge in [-0.15, -0.1) is 0 Å². The smallest absolute Gasteiger partial charge is 0.303 e. The third-order valence-corrected chi connectivity index (χ3v) is 2.90. The van der Waals surface area contributed by atoms with Gasteiger partial charge in [0.15, 0.2) is 0 Å². The standard InChI is InChI=1S/C10H23O4P/c1-3-5-7-10(8-6-4-2)9-14-15(11,12)13/h10H,3-9H2,1-2H3,(H2,11,12,13). The van der Waals surface area contributed by atoms with Crippen molar-refractivity contribution >= 4 is 7.82 Å². The van der Waals surface area contributed by atoms with Crippen molar-refractivity contribution in [3.63, 3.8) is 0 Å². The molecule has 0 rings (SSSR count). The zero-order chi connectivity index (χ0) is 11.7. The molecule has 0 aromatic heterocycles. The zero-order valence-corrected chi connectivity index (χ0v) is 10.6. The summed E-state index contributed by atoms with van der Waals surface area (Å²) < 4.78 is 15.1. The maximum absolute atomic E-state index is 10.6. The average Bonchev–Trinajstić information content (AvgIpc) is 2.15. The van der Waals surface area contributed by atoms with Gasteiger partial charge in [0.1, 0.15) is 0 Å². The number of phosphoric acid groups is 1. The van der Waals surface area contributed by atoms with Gasteiger partial charge in [-0.1, -0.05) is 39.5 Å². The van der Waals surface area contributed by atoms with Crippen LogP contribution in [0.25, 0.3) is 0 Å². The van der Waals surface area contributed by atoms with E-state index < -0.39 is 7.82 Å². The second-order valence-electron chi connectivity index (χ2n) is 3.94. The van der Waals surface area contributed by atoms with Gasteiger partial charge in [0.2, 0.25) is 0 Å². The number of unbranched alkanes of at least 4 members (excludes halogenated alkanes) is 2. The van der Waals surface area contributed by atoms with E-state index in [2.05, 4.69) is 18.4 Å². The minimum absolute atomic E-state index is 0.185. The summed E-state index contributed by atoms with van der Waals surface area (Å²) in [5.41, 5.74) is 0. The van der Waals surface area contributed by atoms with E-state index in [0.29, 0.717) is 0 Å². The highest BCUT2D eigenvalue weighted by molar-refractivity contribution is 7.46. The van der Waals surface area contributed by atoms with Gasteiger partial charge in [0, 0.05) is 0 Å². The largest absolute Gasteiger partial charge is 0.469 e. The van der Waals surface area contributed by atoms with Crippen LogP contribution in [0.3, 0.4) is 0 Å². The molecule has 0 radical (unpaired) electrons. The number of hydrogen-bond acceptors (Lipinski definition) is 2. The van der Waals surface area contributed by atoms with E-state index in [1.165, 1.54) is 0 Å². The molecule has 92 valence electrons. The van der Waals surface area contributed by atoms with E-state index in [1.54, 1.807) is 0 Å². The van der Waals surface area contributed by atoms with Crippen LogP contribution in [-0.4, -0.2) is 16.4 Å². The van der Waals surface area contributed by atoms with Gasteiger partial charge in [-0.25, -0.2) is 4.57 Å². The third kappa shape index (κ3) is 10.4. The van der Waals surface area contributed by atoms with E-state index in [4.69, 9.17) is 9.79 Å². The third-order valence-electron chi connectivity index (χ3n) is 2.41. The lowest BCUT2D eigenvalue weighted by molar-refractivity contribution is 0.158. The fraction of sp³-hybridized carbons (Fsp3) is 1.00. The van der Waals surface area contributed by atoms with Gasteiger partial charge in [0.25, 0.3) is 0 Å². The Hall–Kier alpha value is 0.110. The molecular formula is C10H23O4P. The molecule has 0 bridgehead atoms. The summed E-state index contributed by atoms with van der Waals surface area (Å²) in [6.07, 6.45) is 6.40. The highest BCUT2D eigenvalue weighted by Gasteiger charge is 2.17. The predicted molar refractivity (Wildman–Crippen MR) is 60.5 cm³/mol. The Morgan fingerprint density at radius 2 is 1.60 bits per heavy atom. The van der Waals surface area contributed by atoms with Crippen LogP contribution in [-0.2, 0) is 9.09 Å². The normalized spacial score (nSPS) is 12.3. The van der Waals surface area contributed by atoms with Crippen molar-refractivity contribution in [2.75, 3.05) is 6.61 Å². The average molecular weight is 238 g/mol. The van der Waals surface area contributed by atoms with Gasteiger partial charge in [-0.05, 0) is 18.8 Å². The summed E-state index contributed by atoms with van der Waals surface area (Å²) >= 11 is 0. The van der Waals surface area contributed by atoms with Crippen molar-refractivity contribution < 1.29 is 18.9 Å². The second kappa shape index (κ2) is 8.28. The molecule has 15 heavy (non-hydrogen) atoms. The minimum atomic E-state index is -4.28. The summed E-state index contributed by atoms with van der Waals surface area (Å²) in [6, 6.07) is 0. The van der Waals surface area contributed by atoms with Crippen LogP contribution in [0.1, 0.15) is 52.4 Å². The Morgan fingerprint density at radius 1 is 1.13 bits per heavy atom. The van der Waals surface area contributed by atoms with E-state index in [0.717, 1.165) is 38.5 Å². The SMILES string of the molecule is CCCCC(CCCC)COP(=O)(O)O. The van der Waals surface area contributed by atoms with Crippen molar-refractivity contribution in [3.05, 3.63) is 0 Å². The van der Waals surface area contributed by atoms with Gasteiger partial charge < -0.3 is 9.79 Å². The van der Waals surface area contributed by atoms with Gasteiger partial charge in [-0.2, -0.15) is 0 Å². The molecule has 4 nitrogen and oxygen atoms in total. The van der Waals surface area contributed by atoms with Gasteiger partial charge >= 0.3 is 7.82 Å².